The number of aryl methyl sites for hydroxylation is 2. The molecule has 0 fully saturated rings. The molecule has 0 radical (unpaired) electrons. The van der Waals surface area contributed by atoms with Crippen LogP contribution in [0.4, 0.5) is 5.82 Å². The number of hydrogen-bond acceptors (Lipinski definition) is 4. The number of aromatic amines is 1. The summed E-state index contributed by atoms with van der Waals surface area (Å²) in [4.78, 5) is 24.2. The van der Waals surface area contributed by atoms with Crippen LogP contribution in [0.3, 0.4) is 0 Å². The first-order valence-electron chi connectivity index (χ1n) is 8.95. The lowest BCUT2D eigenvalue weighted by molar-refractivity contribution is 0.101. The molecule has 3 aromatic heterocycles. The van der Waals surface area contributed by atoms with Gasteiger partial charge in [-0.25, -0.2) is 14.6 Å². The Morgan fingerprint density at radius 3 is 3.00 bits per heavy atom. The van der Waals surface area contributed by atoms with Gasteiger partial charge in [-0.2, -0.15) is 5.10 Å². The van der Waals surface area contributed by atoms with Gasteiger partial charge in [0.15, 0.2) is 0 Å². The van der Waals surface area contributed by atoms with Crippen molar-refractivity contribution in [2.75, 3.05) is 5.32 Å². The Balaban J connectivity index is 1.48. The molecule has 7 nitrogen and oxygen atoms in total. The van der Waals surface area contributed by atoms with Gasteiger partial charge in [-0.15, -0.1) is 0 Å². The van der Waals surface area contributed by atoms with Gasteiger partial charge in [-0.1, -0.05) is 18.2 Å². The van der Waals surface area contributed by atoms with E-state index in [1.807, 2.05) is 6.07 Å². The van der Waals surface area contributed by atoms with Crippen LogP contribution in [0.2, 0.25) is 0 Å². The molecule has 134 valence electrons. The van der Waals surface area contributed by atoms with Crippen LogP contribution in [0, 0.1) is 0 Å². The number of anilines is 1. The molecule has 0 spiro atoms. The highest BCUT2D eigenvalue weighted by atomic mass is 16.2. The highest BCUT2D eigenvalue weighted by Crippen LogP contribution is 2.33. The lowest BCUT2D eigenvalue weighted by Crippen LogP contribution is -2.18. The van der Waals surface area contributed by atoms with Crippen LogP contribution >= 0.6 is 0 Å². The van der Waals surface area contributed by atoms with E-state index < -0.39 is 0 Å². The van der Waals surface area contributed by atoms with E-state index in [0.717, 1.165) is 29.6 Å². The average molecular weight is 358 g/mol. The van der Waals surface area contributed by atoms with Crippen LogP contribution in [0.1, 0.15) is 28.2 Å². The lowest BCUT2D eigenvalue weighted by atomic mass is 10.0. The third kappa shape index (κ3) is 2.68. The third-order valence-corrected chi connectivity index (χ3v) is 5.07. The summed E-state index contributed by atoms with van der Waals surface area (Å²) in [5, 5.41) is 7.70. The van der Waals surface area contributed by atoms with Gasteiger partial charge in [-0.3, -0.25) is 4.79 Å². The summed E-state index contributed by atoms with van der Waals surface area (Å²) in [5.41, 5.74) is 5.92. The van der Waals surface area contributed by atoms with Crippen molar-refractivity contribution in [2.24, 2.45) is 7.05 Å². The molecule has 0 unspecified atom stereocenters. The zero-order valence-electron chi connectivity index (χ0n) is 14.9. The Hall–Kier alpha value is -3.48. The molecule has 5 rings (SSSR count). The molecule has 4 aromatic rings. The van der Waals surface area contributed by atoms with Crippen LogP contribution < -0.4 is 5.32 Å². The predicted molar refractivity (Wildman–Crippen MR) is 103 cm³/mol. The fourth-order valence-electron chi connectivity index (χ4n) is 3.77. The molecule has 27 heavy (non-hydrogen) atoms. The smallest absolute Gasteiger partial charge is 0.294 e. The first-order valence-corrected chi connectivity index (χ1v) is 8.95. The van der Waals surface area contributed by atoms with Gasteiger partial charge < -0.3 is 10.3 Å². The number of aromatic nitrogens is 5. The maximum Gasteiger partial charge on any atom is 0.294 e. The molecule has 0 saturated heterocycles. The second kappa shape index (κ2) is 6.05. The summed E-state index contributed by atoms with van der Waals surface area (Å²) in [6.45, 7) is 0. The highest BCUT2D eigenvalue weighted by molar-refractivity contribution is 6.01. The fourth-order valence-corrected chi connectivity index (χ4v) is 3.77. The standard InChI is InChI=1S/C20H18N6O/c1-26-19(21-11-22-26)20(27)25-17-9-8-13-10-16(23-18(13)24-17)15-7-3-5-12-4-2-6-14(12)15/h3,5,7-11H,2,4,6H2,1H3,(H2,23,24,25,27). The quantitative estimate of drug-likeness (QED) is 0.589. The molecular formula is C20H18N6O. The van der Waals surface area contributed by atoms with Gasteiger partial charge in [0.2, 0.25) is 5.82 Å². The van der Waals surface area contributed by atoms with E-state index in [4.69, 9.17) is 0 Å². The summed E-state index contributed by atoms with van der Waals surface area (Å²) < 4.78 is 1.43. The van der Waals surface area contributed by atoms with E-state index >= 15 is 0 Å². The van der Waals surface area contributed by atoms with Crippen molar-refractivity contribution in [3.63, 3.8) is 0 Å². The second-order valence-corrected chi connectivity index (χ2v) is 6.78. The number of nitrogens with zero attached hydrogens (tertiary/aromatic N) is 4. The predicted octanol–water partition coefficient (Wildman–Crippen LogP) is 3.10. The van der Waals surface area contributed by atoms with Crippen molar-refractivity contribution in [1.82, 2.24) is 24.7 Å². The number of pyridine rings is 1. The molecule has 0 saturated carbocycles. The molecule has 0 atom stereocenters. The van der Waals surface area contributed by atoms with Gasteiger partial charge >= 0.3 is 0 Å². The first-order chi connectivity index (χ1) is 13.2. The van der Waals surface area contributed by atoms with Crippen molar-refractivity contribution in [3.05, 3.63) is 59.7 Å². The van der Waals surface area contributed by atoms with Gasteiger partial charge in [0.1, 0.15) is 17.8 Å². The van der Waals surface area contributed by atoms with Gasteiger partial charge in [0.25, 0.3) is 5.91 Å². The maximum atomic E-state index is 12.3. The SMILES string of the molecule is Cn1ncnc1C(=O)Nc1ccc2cc(-c3cccc4c3CCC4)[nH]c2n1. The third-order valence-electron chi connectivity index (χ3n) is 5.07. The molecule has 1 aliphatic rings. The van der Waals surface area contributed by atoms with Crippen LogP contribution in [0.5, 0.6) is 0 Å². The molecule has 7 heteroatoms. The zero-order chi connectivity index (χ0) is 18.4. The summed E-state index contributed by atoms with van der Waals surface area (Å²) in [7, 11) is 1.67. The molecule has 2 N–H and O–H groups in total. The van der Waals surface area contributed by atoms with Crippen LogP contribution in [0.15, 0.2) is 42.7 Å². The summed E-state index contributed by atoms with van der Waals surface area (Å²) in [6, 6.07) is 12.4. The highest BCUT2D eigenvalue weighted by Gasteiger charge is 2.17. The van der Waals surface area contributed by atoms with E-state index in [1.165, 1.54) is 34.1 Å². The van der Waals surface area contributed by atoms with Crippen LogP contribution in [-0.2, 0) is 19.9 Å². The molecule has 1 aromatic carbocycles. The number of carbonyl (C=O) groups is 1. The van der Waals surface area contributed by atoms with Crippen molar-refractivity contribution < 1.29 is 4.79 Å². The Kier molecular flexibility index (Phi) is 3.53. The van der Waals surface area contributed by atoms with Crippen LogP contribution in [0.25, 0.3) is 22.3 Å². The number of benzene rings is 1. The monoisotopic (exact) mass is 358 g/mol. The van der Waals surface area contributed by atoms with Gasteiger partial charge in [0, 0.05) is 23.7 Å². The first kappa shape index (κ1) is 15.7. The van der Waals surface area contributed by atoms with Crippen molar-refractivity contribution in [2.45, 2.75) is 19.3 Å². The summed E-state index contributed by atoms with van der Waals surface area (Å²) in [5.74, 6) is 0.376. The number of hydrogen-bond donors (Lipinski definition) is 2. The number of nitrogens with one attached hydrogen (secondary N) is 2. The molecule has 0 aliphatic heterocycles. The topological polar surface area (TPSA) is 88.5 Å². The van der Waals surface area contributed by atoms with Crippen molar-refractivity contribution >= 4 is 22.8 Å². The normalized spacial score (nSPS) is 13.1. The fraction of sp³-hybridized carbons (Fsp3) is 0.200. The number of amides is 1. The largest absolute Gasteiger partial charge is 0.339 e. The van der Waals surface area contributed by atoms with E-state index in [2.05, 4.69) is 49.6 Å². The zero-order valence-corrected chi connectivity index (χ0v) is 14.9. The van der Waals surface area contributed by atoms with E-state index in [0.29, 0.717) is 5.82 Å². The molecule has 3 heterocycles. The van der Waals surface area contributed by atoms with E-state index in [1.54, 1.807) is 13.1 Å². The maximum absolute atomic E-state index is 12.3. The second-order valence-electron chi connectivity index (χ2n) is 6.78. The Morgan fingerprint density at radius 1 is 1.22 bits per heavy atom. The number of fused-ring (bicyclic) bond motifs is 2. The number of H-pyrrole nitrogens is 1. The molecule has 1 amide bonds. The molecular weight excluding hydrogens is 340 g/mol. The molecule has 1 aliphatic carbocycles. The van der Waals surface area contributed by atoms with Crippen molar-refractivity contribution in [1.29, 1.82) is 0 Å². The Bertz CT molecular complexity index is 1170. The minimum Gasteiger partial charge on any atom is -0.339 e. The summed E-state index contributed by atoms with van der Waals surface area (Å²) in [6.07, 6.45) is 4.83. The number of rotatable bonds is 3. The summed E-state index contributed by atoms with van der Waals surface area (Å²) >= 11 is 0. The minimum absolute atomic E-state index is 0.240. The minimum atomic E-state index is -0.338. The van der Waals surface area contributed by atoms with E-state index in [9.17, 15) is 4.79 Å². The Labute approximate surface area is 155 Å². The average Bonchev–Trinajstić information content (AvgIpc) is 3.39. The Morgan fingerprint density at radius 2 is 2.15 bits per heavy atom. The van der Waals surface area contributed by atoms with Crippen LogP contribution in [-0.4, -0.2) is 30.6 Å². The van der Waals surface area contributed by atoms with Crippen molar-refractivity contribution in [3.8, 4) is 11.3 Å². The van der Waals surface area contributed by atoms with Gasteiger partial charge in [-0.05, 0) is 48.6 Å². The van der Waals surface area contributed by atoms with Gasteiger partial charge in [0.05, 0.1) is 0 Å². The van der Waals surface area contributed by atoms with E-state index in [-0.39, 0.29) is 11.7 Å². The number of carbonyl (C=O) groups excluding carboxylic acids is 1. The molecule has 0 bridgehead atoms. The lowest BCUT2D eigenvalue weighted by Gasteiger charge is -2.06.